The molecule has 0 atom stereocenters. The molecule has 2 aromatic carbocycles. The number of hydrogen-bond donors (Lipinski definition) is 1. The number of piperidine rings is 1. The van der Waals surface area contributed by atoms with Crippen molar-refractivity contribution >= 4 is 17.8 Å². The van der Waals surface area contributed by atoms with E-state index in [1.807, 2.05) is 36.1 Å². The van der Waals surface area contributed by atoms with Gasteiger partial charge in [-0.05, 0) is 55.5 Å². The first kappa shape index (κ1) is 20.6. The van der Waals surface area contributed by atoms with Crippen LogP contribution < -0.4 is 10.1 Å². The largest absolute Gasteiger partial charge is 0.427 e. The highest BCUT2D eigenvalue weighted by Gasteiger charge is 2.24. The van der Waals surface area contributed by atoms with E-state index < -0.39 is 5.97 Å². The zero-order valence-corrected chi connectivity index (χ0v) is 16.8. The van der Waals surface area contributed by atoms with Crippen LogP contribution in [0.2, 0.25) is 0 Å². The smallest absolute Gasteiger partial charge is 0.308 e. The zero-order valence-electron chi connectivity index (χ0n) is 16.8. The topological polar surface area (TPSA) is 75.7 Å². The van der Waals surface area contributed by atoms with Gasteiger partial charge < -0.3 is 15.0 Å². The van der Waals surface area contributed by atoms with Crippen LogP contribution in [0.15, 0.2) is 48.5 Å². The first-order chi connectivity index (χ1) is 13.9. The monoisotopic (exact) mass is 394 g/mol. The highest BCUT2D eigenvalue weighted by Crippen LogP contribution is 2.20. The van der Waals surface area contributed by atoms with Crippen LogP contribution in [-0.2, 0) is 4.79 Å². The number of rotatable bonds is 5. The molecule has 0 radical (unpaired) electrons. The third kappa shape index (κ3) is 5.44. The van der Waals surface area contributed by atoms with E-state index in [2.05, 4.69) is 5.32 Å². The van der Waals surface area contributed by atoms with Crippen LogP contribution in [0, 0.1) is 12.8 Å². The number of ether oxygens (including phenoxy) is 1. The van der Waals surface area contributed by atoms with Crippen LogP contribution in [0.4, 0.5) is 0 Å². The molecule has 29 heavy (non-hydrogen) atoms. The summed E-state index contributed by atoms with van der Waals surface area (Å²) < 4.78 is 5.02. The van der Waals surface area contributed by atoms with Crippen molar-refractivity contribution in [1.82, 2.24) is 10.2 Å². The van der Waals surface area contributed by atoms with Crippen molar-refractivity contribution in [2.45, 2.75) is 26.7 Å². The maximum Gasteiger partial charge on any atom is 0.308 e. The summed E-state index contributed by atoms with van der Waals surface area (Å²) in [7, 11) is 0. The van der Waals surface area contributed by atoms with Crippen LogP contribution in [0.1, 0.15) is 46.0 Å². The first-order valence-corrected chi connectivity index (χ1v) is 9.85. The Labute approximate surface area is 170 Å². The van der Waals surface area contributed by atoms with Gasteiger partial charge in [0, 0.05) is 37.7 Å². The number of nitrogens with one attached hydrogen (secondary N) is 1. The molecule has 1 aliphatic heterocycles. The predicted molar refractivity (Wildman–Crippen MR) is 110 cm³/mol. The lowest BCUT2D eigenvalue weighted by Crippen LogP contribution is -2.41. The van der Waals surface area contributed by atoms with E-state index in [0.29, 0.717) is 36.9 Å². The SMILES string of the molecule is CC(=O)Oc1cccc(C(=O)NCC2CCN(C(=O)c3ccccc3C)CC2)c1. The van der Waals surface area contributed by atoms with Gasteiger partial charge in [-0.3, -0.25) is 14.4 Å². The summed E-state index contributed by atoms with van der Waals surface area (Å²) in [5, 5.41) is 2.95. The maximum atomic E-state index is 12.7. The van der Waals surface area contributed by atoms with Gasteiger partial charge in [0.1, 0.15) is 5.75 Å². The molecule has 0 unspecified atom stereocenters. The maximum absolute atomic E-state index is 12.7. The number of amides is 2. The lowest BCUT2D eigenvalue weighted by molar-refractivity contribution is -0.131. The molecule has 1 fully saturated rings. The van der Waals surface area contributed by atoms with Gasteiger partial charge in [0.15, 0.2) is 0 Å². The van der Waals surface area contributed by atoms with E-state index in [-0.39, 0.29) is 11.8 Å². The summed E-state index contributed by atoms with van der Waals surface area (Å²) in [5.41, 5.74) is 2.20. The number of aryl methyl sites for hydroxylation is 1. The molecule has 6 heteroatoms. The van der Waals surface area contributed by atoms with Gasteiger partial charge in [0.25, 0.3) is 11.8 Å². The van der Waals surface area contributed by atoms with Crippen molar-refractivity contribution in [3.05, 3.63) is 65.2 Å². The van der Waals surface area contributed by atoms with Gasteiger partial charge in [-0.15, -0.1) is 0 Å². The molecule has 0 aliphatic carbocycles. The van der Waals surface area contributed by atoms with Crippen molar-refractivity contribution in [2.24, 2.45) is 5.92 Å². The summed E-state index contributed by atoms with van der Waals surface area (Å²) in [4.78, 5) is 38.1. The number of carbonyl (C=O) groups excluding carboxylic acids is 3. The quantitative estimate of drug-likeness (QED) is 0.624. The molecular weight excluding hydrogens is 368 g/mol. The fourth-order valence-electron chi connectivity index (χ4n) is 3.53. The fraction of sp³-hybridized carbons (Fsp3) is 0.348. The molecule has 152 valence electrons. The predicted octanol–water partition coefficient (Wildman–Crippen LogP) is 3.20. The van der Waals surface area contributed by atoms with Crippen LogP contribution >= 0.6 is 0 Å². The summed E-state index contributed by atoms with van der Waals surface area (Å²) in [6.45, 7) is 5.21. The molecule has 1 saturated heterocycles. The minimum Gasteiger partial charge on any atom is -0.427 e. The second-order valence-electron chi connectivity index (χ2n) is 7.38. The average molecular weight is 394 g/mol. The van der Waals surface area contributed by atoms with Crippen LogP contribution in [0.25, 0.3) is 0 Å². The van der Waals surface area contributed by atoms with Gasteiger partial charge in [-0.25, -0.2) is 0 Å². The average Bonchev–Trinajstić information content (AvgIpc) is 2.72. The Morgan fingerprint density at radius 2 is 1.79 bits per heavy atom. The summed E-state index contributed by atoms with van der Waals surface area (Å²) in [5.74, 6) is 0.143. The van der Waals surface area contributed by atoms with Crippen LogP contribution in [0.3, 0.4) is 0 Å². The number of hydrogen-bond acceptors (Lipinski definition) is 4. The van der Waals surface area contributed by atoms with Crippen molar-refractivity contribution in [2.75, 3.05) is 19.6 Å². The Morgan fingerprint density at radius 3 is 2.48 bits per heavy atom. The van der Waals surface area contributed by atoms with Gasteiger partial charge in [0.05, 0.1) is 0 Å². The van der Waals surface area contributed by atoms with E-state index in [1.165, 1.54) is 6.92 Å². The third-order valence-corrected chi connectivity index (χ3v) is 5.19. The normalized spacial score (nSPS) is 14.3. The first-order valence-electron chi connectivity index (χ1n) is 9.85. The summed E-state index contributed by atoms with van der Waals surface area (Å²) in [6, 6.07) is 14.2. The second kappa shape index (κ2) is 9.37. The number of esters is 1. The van der Waals surface area contributed by atoms with E-state index in [1.54, 1.807) is 24.3 Å². The molecule has 0 aromatic heterocycles. The van der Waals surface area contributed by atoms with Gasteiger partial charge in [0.2, 0.25) is 0 Å². The molecular formula is C23H26N2O4. The minimum absolute atomic E-state index is 0.0767. The van der Waals surface area contributed by atoms with Gasteiger partial charge in [-0.2, -0.15) is 0 Å². The van der Waals surface area contributed by atoms with Crippen molar-refractivity contribution in [1.29, 1.82) is 0 Å². The minimum atomic E-state index is -0.422. The number of likely N-dealkylation sites (tertiary alicyclic amines) is 1. The molecule has 0 saturated carbocycles. The molecule has 2 aromatic rings. The van der Waals surface area contributed by atoms with Crippen LogP contribution in [-0.4, -0.2) is 42.3 Å². The summed E-state index contributed by atoms with van der Waals surface area (Å²) >= 11 is 0. The molecule has 0 bridgehead atoms. The lowest BCUT2D eigenvalue weighted by atomic mass is 9.95. The van der Waals surface area contributed by atoms with Crippen LogP contribution in [0.5, 0.6) is 5.75 Å². The fourth-order valence-corrected chi connectivity index (χ4v) is 3.53. The Bertz CT molecular complexity index is 901. The Kier molecular flexibility index (Phi) is 6.65. The molecule has 1 aliphatic rings. The van der Waals surface area contributed by atoms with Crippen molar-refractivity contribution in [3.63, 3.8) is 0 Å². The highest BCUT2D eigenvalue weighted by atomic mass is 16.5. The molecule has 6 nitrogen and oxygen atoms in total. The Morgan fingerprint density at radius 1 is 1.07 bits per heavy atom. The van der Waals surface area contributed by atoms with Crippen molar-refractivity contribution in [3.8, 4) is 5.75 Å². The van der Waals surface area contributed by atoms with E-state index in [4.69, 9.17) is 4.74 Å². The third-order valence-electron chi connectivity index (χ3n) is 5.19. The molecule has 1 heterocycles. The van der Waals surface area contributed by atoms with Crippen molar-refractivity contribution < 1.29 is 19.1 Å². The molecule has 3 rings (SSSR count). The molecule has 1 N–H and O–H groups in total. The van der Waals surface area contributed by atoms with Gasteiger partial charge in [-0.1, -0.05) is 24.3 Å². The molecule has 0 spiro atoms. The van der Waals surface area contributed by atoms with E-state index in [9.17, 15) is 14.4 Å². The van der Waals surface area contributed by atoms with E-state index in [0.717, 1.165) is 24.0 Å². The highest BCUT2D eigenvalue weighted by molar-refractivity contribution is 5.96. The standard InChI is InChI=1S/C23H26N2O4/c1-16-6-3-4-9-21(16)23(28)25-12-10-18(11-13-25)15-24-22(27)19-7-5-8-20(14-19)29-17(2)26/h3-9,14,18H,10-13,15H2,1-2H3,(H,24,27). The Hall–Kier alpha value is -3.15. The summed E-state index contributed by atoms with van der Waals surface area (Å²) in [6.07, 6.45) is 1.71. The van der Waals surface area contributed by atoms with Gasteiger partial charge >= 0.3 is 5.97 Å². The second-order valence-corrected chi connectivity index (χ2v) is 7.38. The molecule has 2 amide bonds. The Balaban J connectivity index is 1.49. The number of carbonyl (C=O) groups is 3. The lowest BCUT2D eigenvalue weighted by Gasteiger charge is -2.32. The number of benzene rings is 2. The van der Waals surface area contributed by atoms with E-state index >= 15 is 0 Å². The number of nitrogens with zero attached hydrogens (tertiary/aromatic N) is 1. The zero-order chi connectivity index (χ0) is 20.8.